The average molecular weight is 492 g/mol. The third-order valence-electron chi connectivity index (χ3n) is 4.65. The molecule has 1 aliphatic heterocycles. The highest BCUT2D eigenvalue weighted by Crippen LogP contribution is 2.37. The van der Waals surface area contributed by atoms with Gasteiger partial charge in [0.25, 0.3) is 11.8 Å². The number of thiazole rings is 1. The predicted molar refractivity (Wildman–Crippen MR) is 126 cm³/mol. The number of nitrogens with zero attached hydrogens (tertiary/aromatic N) is 2. The molecule has 2 amide bonds. The summed E-state index contributed by atoms with van der Waals surface area (Å²) in [5, 5.41) is 5.80. The van der Waals surface area contributed by atoms with Crippen molar-refractivity contribution in [2.24, 2.45) is 0 Å². The number of carbonyl (C=O) groups is 2. The topological polar surface area (TPSA) is 80.8 Å². The number of benzene rings is 2. The van der Waals surface area contributed by atoms with Gasteiger partial charge in [-0.05, 0) is 42.8 Å². The summed E-state index contributed by atoms with van der Waals surface area (Å²) in [6.45, 7) is 2.46. The standard InChI is InChI=1S/C22H19Cl2N3O4S/c1-2-7-27-17-8-13(3-5-19(17)31-11-21(27)29)16-12-32-22(25-16)26-20(28)10-30-18-6-4-14(23)9-15(18)24/h3-6,8-9,12H,2,7,10-11H2,1H3,(H,25,26,28). The minimum atomic E-state index is -0.365. The van der Waals surface area contributed by atoms with Crippen molar-refractivity contribution >= 4 is 57.2 Å². The number of hydrogen-bond acceptors (Lipinski definition) is 6. The molecule has 1 N–H and O–H groups in total. The van der Waals surface area contributed by atoms with E-state index in [0.29, 0.717) is 38.9 Å². The van der Waals surface area contributed by atoms with Gasteiger partial charge in [-0.25, -0.2) is 4.98 Å². The molecule has 2 aromatic carbocycles. The van der Waals surface area contributed by atoms with Gasteiger partial charge >= 0.3 is 0 Å². The Morgan fingerprint density at radius 3 is 2.91 bits per heavy atom. The zero-order chi connectivity index (χ0) is 22.7. The van der Waals surface area contributed by atoms with Crippen molar-refractivity contribution < 1.29 is 19.1 Å². The van der Waals surface area contributed by atoms with Gasteiger partial charge in [0.1, 0.15) is 11.5 Å². The summed E-state index contributed by atoms with van der Waals surface area (Å²) in [6, 6.07) is 10.4. The molecule has 1 aromatic heterocycles. The van der Waals surface area contributed by atoms with Gasteiger partial charge < -0.3 is 14.4 Å². The molecule has 32 heavy (non-hydrogen) atoms. The molecule has 166 valence electrons. The maximum absolute atomic E-state index is 12.3. The summed E-state index contributed by atoms with van der Waals surface area (Å²) >= 11 is 13.2. The highest BCUT2D eigenvalue weighted by Gasteiger charge is 2.25. The lowest BCUT2D eigenvalue weighted by atomic mass is 10.1. The fourth-order valence-corrected chi connectivity index (χ4v) is 4.38. The first kappa shape index (κ1) is 22.4. The second-order valence-electron chi connectivity index (χ2n) is 6.97. The molecular formula is C22H19Cl2N3O4S. The largest absolute Gasteiger partial charge is 0.482 e. The van der Waals surface area contributed by atoms with Crippen molar-refractivity contribution in [2.45, 2.75) is 13.3 Å². The highest BCUT2D eigenvalue weighted by molar-refractivity contribution is 7.14. The van der Waals surface area contributed by atoms with E-state index in [2.05, 4.69) is 10.3 Å². The Morgan fingerprint density at radius 1 is 1.28 bits per heavy atom. The molecule has 0 fully saturated rings. The van der Waals surface area contributed by atoms with Crippen molar-refractivity contribution in [3.63, 3.8) is 0 Å². The number of hydrogen-bond donors (Lipinski definition) is 1. The lowest BCUT2D eigenvalue weighted by Crippen LogP contribution is -2.39. The van der Waals surface area contributed by atoms with Crippen molar-refractivity contribution in [1.29, 1.82) is 0 Å². The lowest BCUT2D eigenvalue weighted by Gasteiger charge is -2.29. The number of halogens is 2. The molecule has 0 saturated carbocycles. The zero-order valence-corrected chi connectivity index (χ0v) is 19.4. The number of aromatic nitrogens is 1. The van der Waals surface area contributed by atoms with E-state index in [-0.39, 0.29) is 25.0 Å². The van der Waals surface area contributed by atoms with Crippen LogP contribution in [0.3, 0.4) is 0 Å². The number of rotatable bonds is 7. The van der Waals surface area contributed by atoms with E-state index in [1.54, 1.807) is 23.1 Å². The van der Waals surface area contributed by atoms with Gasteiger partial charge in [0, 0.05) is 22.5 Å². The van der Waals surface area contributed by atoms with Gasteiger partial charge in [0.15, 0.2) is 18.3 Å². The second kappa shape index (κ2) is 9.77. The fourth-order valence-electron chi connectivity index (χ4n) is 3.18. The first-order valence-corrected chi connectivity index (χ1v) is 11.5. The molecule has 0 radical (unpaired) electrons. The van der Waals surface area contributed by atoms with Crippen LogP contribution in [0, 0.1) is 0 Å². The molecule has 10 heteroatoms. The van der Waals surface area contributed by atoms with E-state index in [9.17, 15) is 9.59 Å². The Labute approximate surface area is 198 Å². The number of nitrogens with one attached hydrogen (secondary N) is 1. The third-order valence-corrected chi connectivity index (χ3v) is 5.94. The molecule has 0 bridgehead atoms. The molecule has 4 rings (SSSR count). The normalized spacial score (nSPS) is 12.8. The van der Waals surface area contributed by atoms with Crippen molar-refractivity contribution in [3.05, 3.63) is 51.8 Å². The van der Waals surface area contributed by atoms with Crippen LogP contribution in [0.5, 0.6) is 11.5 Å². The molecule has 0 saturated heterocycles. The number of ether oxygens (including phenoxy) is 2. The summed E-state index contributed by atoms with van der Waals surface area (Å²) in [5.74, 6) is 0.607. The smallest absolute Gasteiger partial charge is 0.265 e. The number of amides is 2. The summed E-state index contributed by atoms with van der Waals surface area (Å²) in [4.78, 5) is 30.7. The van der Waals surface area contributed by atoms with Crippen LogP contribution in [0.1, 0.15) is 13.3 Å². The van der Waals surface area contributed by atoms with Gasteiger partial charge in [-0.3, -0.25) is 14.9 Å². The number of carbonyl (C=O) groups excluding carboxylic acids is 2. The summed E-state index contributed by atoms with van der Waals surface area (Å²) in [5.41, 5.74) is 2.24. The van der Waals surface area contributed by atoms with E-state index in [1.165, 1.54) is 11.3 Å². The van der Waals surface area contributed by atoms with Crippen LogP contribution in [0.25, 0.3) is 11.3 Å². The lowest BCUT2D eigenvalue weighted by molar-refractivity contribution is -0.121. The van der Waals surface area contributed by atoms with E-state index in [0.717, 1.165) is 17.7 Å². The minimum Gasteiger partial charge on any atom is -0.482 e. The molecule has 7 nitrogen and oxygen atoms in total. The first-order chi connectivity index (χ1) is 15.4. The molecule has 2 heterocycles. The molecule has 0 aliphatic carbocycles. The second-order valence-corrected chi connectivity index (χ2v) is 8.67. The van der Waals surface area contributed by atoms with Crippen molar-refractivity contribution in [1.82, 2.24) is 4.98 Å². The van der Waals surface area contributed by atoms with Gasteiger partial charge in [-0.1, -0.05) is 30.1 Å². The van der Waals surface area contributed by atoms with Gasteiger partial charge in [0.05, 0.1) is 16.4 Å². The maximum atomic E-state index is 12.3. The monoisotopic (exact) mass is 491 g/mol. The van der Waals surface area contributed by atoms with Gasteiger partial charge in [-0.15, -0.1) is 11.3 Å². The Balaban J connectivity index is 1.43. The summed E-state index contributed by atoms with van der Waals surface area (Å²) < 4.78 is 11.0. The summed E-state index contributed by atoms with van der Waals surface area (Å²) in [7, 11) is 0. The molecule has 0 spiro atoms. The Hall–Kier alpha value is -2.81. The number of anilines is 2. The molecule has 0 atom stereocenters. The number of fused-ring (bicyclic) bond motifs is 1. The van der Waals surface area contributed by atoms with Gasteiger partial charge in [-0.2, -0.15) is 0 Å². The first-order valence-electron chi connectivity index (χ1n) is 9.85. The minimum absolute atomic E-state index is 0.0442. The molecule has 1 aliphatic rings. The third kappa shape index (κ3) is 4.98. The van der Waals surface area contributed by atoms with Crippen LogP contribution in [0.2, 0.25) is 10.0 Å². The van der Waals surface area contributed by atoms with Crippen LogP contribution in [-0.2, 0) is 9.59 Å². The van der Waals surface area contributed by atoms with E-state index in [4.69, 9.17) is 32.7 Å². The van der Waals surface area contributed by atoms with E-state index >= 15 is 0 Å². The maximum Gasteiger partial charge on any atom is 0.265 e. The van der Waals surface area contributed by atoms with Crippen LogP contribution >= 0.6 is 34.5 Å². The quantitative estimate of drug-likeness (QED) is 0.486. The van der Waals surface area contributed by atoms with Crippen LogP contribution in [-0.4, -0.2) is 36.6 Å². The van der Waals surface area contributed by atoms with Crippen LogP contribution < -0.4 is 19.7 Å². The Kier molecular flexibility index (Phi) is 6.83. The van der Waals surface area contributed by atoms with Crippen LogP contribution in [0.15, 0.2) is 41.8 Å². The fraction of sp³-hybridized carbons (Fsp3) is 0.227. The van der Waals surface area contributed by atoms with Crippen molar-refractivity contribution in [3.8, 4) is 22.8 Å². The van der Waals surface area contributed by atoms with Crippen molar-refractivity contribution in [2.75, 3.05) is 30.0 Å². The van der Waals surface area contributed by atoms with Gasteiger partial charge in [0.2, 0.25) is 0 Å². The molecular weight excluding hydrogens is 473 g/mol. The highest BCUT2D eigenvalue weighted by atomic mass is 35.5. The Morgan fingerprint density at radius 2 is 2.12 bits per heavy atom. The zero-order valence-electron chi connectivity index (χ0n) is 17.1. The average Bonchev–Trinajstić information content (AvgIpc) is 3.23. The van der Waals surface area contributed by atoms with E-state index in [1.807, 2.05) is 30.5 Å². The summed E-state index contributed by atoms with van der Waals surface area (Å²) in [6.07, 6.45) is 0.839. The predicted octanol–water partition coefficient (Wildman–Crippen LogP) is 5.27. The molecule has 3 aromatic rings. The molecule has 0 unspecified atom stereocenters. The van der Waals surface area contributed by atoms with Crippen LogP contribution in [0.4, 0.5) is 10.8 Å². The Bertz CT molecular complexity index is 1170. The SMILES string of the molecule is CCCN1C(=O)COc2ccc(-c3csc(NC(=O)COc4ccc(Cl)cc4Cl)n3)cc21. The van der Waals surface area contributed by atoms with E-state index < -0.39 is 0 Å².